The number of ether oxygens (including phenoxy) is 2. The van der Waals surface area contributed by atoms with Crippen molar-refractivity contribution in [3.05, 3.63) is 65.2 Å². The Morgan fingerprint density at radius 1 is 1.19 bits per heavy atom. The van der Waals surface area contributed by atoms with Crippen LogP contribution in [0.5, 0.6) is 5.75 Å². The number of rotatable bonds is 5. The van der Waals surface area contributed by atoms with Crippen molar-refractivity contribution in [2.75, 3.05) is 13.1 Å². The van der Waals surface area contributed by atoms with E-state index in [2.05, 4.69) is 5.32 Å². The molecule has 0 saturated carbocycles. The molecule has 0 bridgehead atoms. The van der Waals surface area contributed by atoms with Gasteiger partial charge in [-0.05, 0) is 39.3 Å². The van der Waals surface area contributed by atoms with Gasteiger partial charge in [-0.2, -0.15) is 0 Å². The molecule has 1 aromatic heterocycles. The summed E-state index contributed by atoms with van der Waals surface area (Å²) in [6.45, 7) is 5.15. The third kappa shape index (κ3) is 5.42. The fourth-order valence-electron chi connectivity index (χ4n) is 3.99. The molecule has 7 nitrogen and oxygen atoms in total. The SMILES string of the molecule is Cc1oc2c(F)cc(OCc3ccccc3)cc2c1C(=O)NC1CN(C(=O)OC(C)(C)C)CC1(F)F. The van der Waals surface area contributed by atoms with Gasteiger partial charge < -0.3 is 19.2 Å². The number of alkyl halides is 2. The first-order valence-corrected chi connectivity index (χ1v) is 11.4. The summed E-state index contributed by atoms with van der Waals surface area (Å²) in [6, 6.07) is 10.1. The van der Waals surface area contributed by atoms with Gasteiger partial charge in [0.1, 0.15) is 29.8 Å². The predicted molar refractivity (Wildman–Crippen MR) is 126 cm³/mol. The number of likely N-dealkylation sites (tertiary alicyclic amines) is 1. The summed E-state index contributed by atoms with van der Waals surface area (Å²) in [5.74, 6) is -4.80. The second-order valence-corrected chi connectivity index (χ2v) is 9.74. The van der Waals surface area contributed by atoms with Crippen LogP contribution >= 0.6 is 0 Å². The van der Waals surface area contributed by atoms with Crippen LogP contribution in [0.3, 0.4) is 0 Å². The molecule has 1 fully saturated rings. The third-order valence-corrected chi connectivity index (χ3v) is 5.64. The van der Waals surface area contributed by atoms with Gasteiger partial charge >= 0.3 is 6.09 Å². The first-order valence-electron chi connectivity index (χ1n) is 11.4. The second-order valence-electron chi connectivity index (χ2n) is 9.74. The lowest BCUT2D eigenvalue weighted by Crippen LogP contribution is -2.46. The van der Waals surface area contributed by atoms with Gasteiger partial charge in [-0.1, -0.05) is 30.3 Å². The van der Waals surface area contributed by atoms with Crippen molar-refractivity contribution >= 4 is 23.0 Å². The summed E-state index contributed by atoms with van der Waals surface area (Å²) in [6.07, 6.45) is -0.897. The first-order chi connectivity index (χ1) is 16.8. The minimum absolute atomic E-state index is 0.0620. The van der Waals surface area contributed by atoms with E-state index < -0.39 is 48.5 Å². The van der Waals surface area contributed by atoms with Crippen molar-refractivity contribution in [1.29, 1.82) is 0 Å². The highest BCUT2D eigenvalue weighted by molar-refractivity contribution is 6.07. The lowest BCUT2D eigenvalue weighted by molar-refractivity contribution is -0.0153. The maximum Gasteiger partial charge on any atom is 0.410 e. The fourth-order valence-corrected chi connectivity index (χ4v) is 3.99. The van der Waals surface area contributed by atoms with Crippen LogP contribution in [-0.4, -0.2) is 47.6 Å². The van der Waals surface area contributed by atoms with E-state index in [0.29, 0.717) is 0 Å². The molecule has 0 radical (unpaired) electrons. The molecule has 192 valence electrons. The van der Waals surface area contributed by atoms with Crippen LogP contribution in [0.25, 0.3) is 11.0 Å². The molecule has 1 unspecified atom stereocenters. The molecule has 1 saturated heterocycles. The topological polar surface area (TPSA) is 81.0 Å². The van der Waals surface area contributed by atoms with Crippen molar-refractivity contribution in [1.82, 2.24) is 10.2 Å². The molecule has 1 aliphatic rings. The van der Waals surface area contributed by atoms with E-state index in [-0.39, 0.29) is 34.6 Å². The second kappa shape index (κ2) is 9.40. The Morgan fingerprint density at radius 3 is 2.56 bits per heavy atom. The van der Waals surface area contributed by atoms with Gasteiger partial charge in [0.05, 0.1) is 18.7 Å². The largest absolute Gasteiger partial charge is 0.489 e. The standard InChI is InChI=1S/C26H27F3N2O5/c1-15-21(23(32)30-20-12-31(14-26(20,28)29)24(33)36-25(2,3)4)18-10-17(11-19(27)22(18)35-15)34-13-16-8-6-5-7-9-16/h5-11,20H,12-14H2,1-4H3,(H,30,32). The third-order valence-electron chi connectivity index (χ3n) is 5.64. The molecule has 0 aliphatic carbocycles. The number of nitrogens with zero attached hydrogens (tertiary/aromatic N) is 1. The minimum atomic E-state index is -3.39. The summed E-state index contributed by atoms with van der Waals surface area (Å²) in [5.41, 5.74) is -0.263. The predicted octanol–water partition coefficient (Wildman–Crippen LogP) is 5.44. The summed E-state index contributed by atoms with van der Waals surface area (Å²) in [4.78, 5) is 26.2. The molecule has 1 aliphatic heterocycles. The van der Waals surface area contributed by atoms with Crippen molar-refractivity contribution in [2.24, 2.45) is 0 Å². The average molecular weight is 505 g/mol. The summed E-state index contributed by atoms with van der Waals surface area (Å²) in [5, 5.41) is 2.38. The van der Waals surface area contributed by atoms with Gasteiger partial charge in [-0.3, -0.25) is 9.69 Å². The van der Waals surface area contributed by atoms with Gasteiger partial charge in [-0.15, -0.1) is 0 Å². The van der Waals surface area contributed by atoms with Crippen LogP contribution in [0.15, 0.2) is 46.9 Å². The van der Waals surface area contributed by atoms with Crippen LogP contribution in [0.4, 0.5) is 18.0 Å². The number of amides is 2. The number of carbonyl (C=O) groups excluding carboxylic acids is 2. The number of nitrogens with one attached hydrogen (secondary N) is 1. The molecule has 10 heteroatoms. The van der Waals surface area contributed by atoms with E-state index in [1.807, 2.05) is 30.3 Å². The Morgan fingerprint density at radius 2 is 1.89 bits per heavy atom. The summed E-state index contributed by atoms with van der Waals surface area (Å²) >= 11 is 0. The van der Waals surface area contributed by atoms with Gasteiger partial charge in [0.15, 0.2) is 11.4 Å². The molecule has 1 N–H and O–H groups in total. The van der Waals surface area contributed by atoms with Gasteiger partial charge in [-0.25, -0.2) is 18.0 Å². The highest BCUT2D eigenvalue weighted by Gasteiger charge is 2.51. The van der Waals surface area contributed by atoms with E-state index in [0.717, 1.165) is 16.5 Å². The maximum absolute atomic E-state index is 14.7. The Kier molecular flexibility index (Phi) is 6.64. The van der Waals surface area contributed by atoms with Gasteiger partial charge in [0.25, 0.3) is 11.8 Å². The highest BCUT2D eigenvalue weighted by atomic mass is 19.3. The molecule has 4 rings (SSSR count). The number of aryl methyl sites for hydroxylation is 1. The fraction of sp³-hybridized carbons (Fsp3) is 0.385. The van der Waals surface area contributed by atoms with E-state index in [9.17, 15) is 22.8 Å². The average Bonchev–Trinajstić information content (AvgIpc) is 3.27. The lowest BCUT2D eigenvalue weighted by atomic mass is 10.1. The number of carbonyl (C=O) groups is 2. The number of hydrogen-bond donors (Lipinski definition) is 1. The molecule has 3 aromatic rings. The zero-order chi connectivity index (χ0) is 26.3. The zero-order valence-electron chi connectivity index (χ0n) is 20.4. The van der Waals surface area contributed by atoms with Crippen molar-refractivity contribution in [3.63, 3.8) is 0 Å². The molecule has 0 spiro atoms. The zero-order valence-corrected chi connectivity index (χ0v) is 20.4. The Labute approximate surface area is 206 Å². The van der Waals surface area contributed by atoms with Gasteiger partial charge in [0, 0.05) is 11.5 Å². The summed E-state index contributed by atoms with van der Waals surface area (Å²) in [7, 11) is 0. The maximum atomic E-state index is 14.7. The first kappa shape index (κ1) is 25.4. The number of hydrogen-bond acceptors (Lipinski definition) is 5. The number of fused-ring (bicyclic) bond motifs is 1. The molecule has 2 heterocycles. The monoisotopic (exact) mass is 504 g/mol. The van der Waals surface area contributed by atoms with Crippen LogP contribution in [0.1, 0.15) is 42.5 Å². The van der Waals surface area contributed by atoms with Gasteiger partial charge in [0.2, 0.25) is 0 Å². The normalized spacial score (nSPS) is 17.3. The number of furan rings is 1. The van der Waals surface area contributed by atoms with E-state index in [1.165, 1.54) is 13.0 Å². The Balaban J connectivity index is 1.55. The van der Waals surface area contributed by atoms with Crippen LogP contribution in [0, 0.1) is 12.7 Å². The van der Waals surface area contributed by atoms with E-state index in [4.69, 9.17) is 13.9 Å². The minimum Gasteiger partial charge on any atom is -0.489 e. The van der Waals surface area contributed by atoms with E-state index in [1.54, 1.807) is 20.8 Å². The van der Waals surface area contributed by atoms with Crippen molar-refractivity contribution in [3.8, 4) is 5.75 Å². The highest BCUT2D eigenvalue weighted by Crippen LogP contribution is 2.33. The van der Waals surface area contributed by atoms with Crippen LogP contribution in [-0.2, 0) is 11.3 Å². The number of halogens is 3. The van der Waals surface area contributed by atoms with Crippen LogP contribution < -0.4 is 10.1 Å². The molecule has 36 heavy (non-hydrogen) atoms. The van der Waals surface area contributed by atoms with Crippen LogP contribution in [0.2, 0.25) is 0 Å². The quantitative estimate of drug-likeness (QED) is 0.500. The molecular formula is C26H27F3N2O5. The van der Waals surface area contributed by atoms with E-state index >= 15 is 0 Å². The smallest absolute Gasteiger partial charge is 0.410 e. The molecule has 1 atom stereocenters. The Bertz CT molecular complexity index is 1280. The molecular weight excluding hydrogens is 477 g/mol. The molecule has 2 aromatic carbocycles. The van der Waals surface area contributed by atoms with Crippen molar-refractivity contribution < 1.29 is 36.7 Å². The Hall–Kier alpha value is -3.69. The lowest BCUT2D eigenvalue weighted by Gasteiger charge is -2.24. The molecule has 2 amide bonds. The van der Waals surface area contributed by atoms with Crippen molar-refractivity contribution in [2.45, 2.75) is 51.9 Å². The summed E-state index contributed by atoms with van der Waals surface area (Å²) < 4.78 is 60.4. The number of benzene rings is 2.